The molecule has 2 heterocycles. The SMILES string of the molecule is CC1(O)CCOc2ccc(-n3ccnc(Sc4ccc(OC(F)(F)F)cc4)c3=O)cc21. The Morgan fingerprint density at radius 1 is 1.23 bits per heavy atom. The number of alkyl halides is 3. The lowest BCUT2D eigenvalue weighted by Crippen LogP contribution is -2.30. The van der Waals surface area contributed by atoms with E-state index in [1.165, 1.54) is 41.2 Å². The Bertz CT molecular complexity index is 1160. The van der Waals surface area contributed by atoms with Gasteiger partial charge in [0.2, 0.25) is 0 Å². The summed E-state index contributed by atoms with van der Waals surface area (Å²) >= 11 is 1.02. The predicted octanol–water partition coefficient (Wildman–Crippen LogP) is 4.27. The highest BCUT2D eigenvalue weighted by Gasteiger charge is 2.32. The monoisotopic (exact) mass is 450 g/mol. The van der Waals surface area contributed by atoms with Crippen LogP contribution in [0, 0.1) is 0 Å². The molecule has 0 saturated carbocycles. The summed E-state index contributed by atoms with van der Waals surface area (Å²) in [5, 5.41) is 10.8. The highest BCUT2D eigenvalue weighted by Crippen LogP contribution is 2.37. The topological polar surface area (TPSA) is 73.6 Å². The van der Waals surface area contributed by atoms with Crippen LogP contribution in [0.3, 0.4) is 0 Å². The fraction of sp³-hybridized carbons (Fsp3) is 0.238. The molecule has 0 amide bonds. The van der Waals surface area contributed by atoms with Crippen LogP contribution in [0.1, 0.15) is 18.9 Å². The van der Waals surface area contributed by atoms with E-state index in [1.54, 1.807) is 25.1 Å². The van der Waals surface area contributed by atoms with E-state index in [2.05, 4.69) is 9.72 Å². The maximum Gasteiger partial charge on any atom is 0.573 e. The molecule has 31 heavy (non-hydrogen) atoms. The van der Waals surface area contributed by atoms with Crippen molar-refractivity contribution in [1.29, 1.82) is 0 Å². The average molecular weight is 450 g/mol. The molecule has 1 aliphatic rings. The molecule has 0 fully saturated rings. The predicted molar refractivity (Wildman–Crippen MR) is 107 cm³/mol. The van der Waals surface area contributed by atoms with Gasteiger partial charge in [0.25, 0.3) is 5.56 Å². The van der Waals surface area contributed by atoms with Gasteiger partial charge in [0.05, 0.1) is 12.2 Å². The van der Waals surface area contributed by atoms with Gasteiger partial charge in [0.15, 0.2) is 5.03 Å². The molecule has 1 aromatic heterocycles. The Morgan fingerprint density at radius 2 is 1.97 bits per heavy atom. The van der Waals surface area contributed by atoms with Gasteiger partial charge in [-0.05, 0) is 49.4 Å². The van der Waals surface area contributed by atoms with Crippen molar-refractivity contribution in [1.82, 2.24) is 9.55 Å². The fourth-order valence-electron chi connectivity index (χ4n) is 3.20. The van der Waals surface area contributed by atoms with Crippen molar-refractivity contribution in [2.45, 2.75) is 35.2 Å². The van der Waals surface area contributed by atoms with Crippen LogP contribution in [-0.2, 0) is 5.60 Å². The summed E-state index contributed by atoms with van der Waals surface area (Å²) in [5.74, 6) is 0.219. The standard InChI is InChI=1S/C21H17F3N2O4S/c1-20(28)8-11-29-17-7-2-13(12-16(17)20)26-10-9-25-18(19(26)27)31-15-5-3-14(4-6-15)30-21(22,23)24/h2-7,9-10,12,28H,8,11H2,1H3. The van der Waals surface area contributed by atoms with Gasteiger partial charge in [-0.25, -0.2) is 4.98 Å². The molecule has 0 bridgehead atoms. The molecule has 4 rings (SSSR count). The molecule has 0 saturated heterocycles. The molecule has 3 aromatic rings. The van der Waals surface area contributed by atoms with E-state index >= 15 is 0 Å². The van der Waals surface area contributed by atoms with Gasteiger partial charge >= 0.3 is 6.36 Å². The molecule has 6 nitrogen and oxygen atoms in total. The number of hydrogen-bond acceptors (Lipinski definition) is 6. The van der Waals surface area contributed by atoms with E-state index in [0.29, 0.717) is 34.9 Å². The first-order valence-electron chi connectivity index (χ1n) is 9.24. The molecule has 1 aliphatic heterocycles. The summed E-state index contributed by atoms with van der Waals surface area (Å²) in [6, 6.07) is 10.3. The summed E-state index contributed by atoms with van der Waals surface area (Å²) in [5.41, 5.74) is -0.348. The molecule has 0 radical (unpaired) electrons. The maximum atomic E-state index is 13.0. The third-order valence-corrected chi connectivity index (χ3v) is 5.73. The Kier molecular flexibility index (Phi) is 5.44. The fourth-order valence-corrected chi connectivity index (χ4v) is 3.99. The molecule has 1 N–H and O–H groups in total. The van der Waals surface area contributed by atoms with E-state index < -0.39 is 17.5 Å². The van der Waals surface area contributed by atoms with Crippen molar-refractivity contribution in [2.75, 3.05) is 6.61 Å². The van der Waals surface area contributed by atoms with Gasteiger partial charge in [-0.1, -0.05) is 11.8 Å². The largest absolute Gasteiger partial charge is 0.573 e. The van der Waals surface area contributed by atoms with E-state index in [9.17, 15) is 23.1 Å². The zero-order valence-electron chi connectivity index (χ0n) is 16.2. The first-order chi connectivity index (χ1) is 14.6. The second kappa shape index (κ2) is 7.93. The lowest BCUT2D eigenvalue weighted by atomic mass is 9.90. The van der Waals surface area contributed by atoms with Crippen molar-refractivity contribution in [3.63, 3.8) is 0 Å². The zero-order valence-corrected chi connectivity index (χ0v) is 17.0. The Morgan fingerprint density at radius 3 is 2.68 bits per heavy atom. The highest BCUT2D eigenvalue weighted by molar-refractivity contribution is 7.99. The van der Waals surface area contributed by atoms with E-state index in [-0.39, 0.29) is 10.8 Å². The minimum absolute atomic E-state index is 0.146. The molecule has 0 spiro atoms. The Balaban J connectivity index is 1.62. The van der Waals surface area contributed by atoms with Crippen LogP contribution in [-0.4, -0.2) is 27.6 Å². The second-order valence-electron chi connectivity index (χ2n) is 7.08. The Labute approximate surface area is 179 Å². The first kappa shape index (κ1) is 21.3. The van der Waals surface area contributed by atoms with Gasteiger partial charge in [-0.15, -0.1) is 13.2 Å². The quantitative estimate of drug-likeness (QED) is 0.640. The minimum atomic E-state index is -4.77. The molecular formula is C21H17F3N2O4S. The van der Waals surface area contributed by atoms with Crippen molar-refractivity contribution >= 4 is 11.8 Å². The number of hydrogen-bond donors (Lipinski definition) is 1. The molecular weight excluding hydrogens is 433 g/mol. The summed E-state index contributed by atoms with van der Waals surface area (Å²) in [7, 11) is 0. The summed E-state index contributed by atoms with van der Waals surface area (Å²) < 4.78 is 47.7. The highest BCUT2D eigenvalue weighted by atomic mass is 32.2. The van der Waals surface area contributed by atoms with Crippen LogP contribution in [0.2, 0.25) is 0 Å². The van der Waals surface area contributed by atoms with Crippen LogP contribution < -0.4 is 15.0 Å². The molecule has 0 aliphatic carbocycles. The minimum Gasteiger partial charge on any atom is -0.493 e. The van der Waals surface area contributed by atoms with Crippen molar-refractivity contribution in [2.24, 2.45) is 0 Å². The molecule has 1 atom stereocenters. The molecule has 2 aromatic carbocycles. The van der Waals surface area contributed by atoms with Crippen LogP contribution in [0.25, 0.3) is 5.69 Å². The number of halogens is 3. The number of aromatic nitrogens is 2. The normalized spacial score (nSPS) is 18.2. The third kappa shape index (κ3) is 4.70. The smallest absolute Gasteiger partial charge is 0.493 e. The number of aliphatic hydroxyl groups is 1. The number of benzene rings is 2. The van der Waals surface area contributed by atoms with Crippen LogP contribution in [0.5, 0.6) is 11.5 Å². The number of nitrogens with zero attached hydrogens (tertiary/aromatic N) is 2. The van der Waals surface area contributed by atoms with E-state index in [1.807, 2.05) is 0 Å². The van der Waals surface area contributed by atoms with Crippen molar-refractivity contribution in [3.05, 3.63) is 70.8 Å². The number of fused-ring (bicyclic) bond motifs is 1. The van der Waals surface area contributed by atoms with Gasteiger partial charge < -0.3 is 14.6 Å². The summed E-state index contributed by atoms with van der Waals surface area (Å²) in [6.45, 7) is 2.10. The van der Waals surface area contributed by atoms with Gasteiger partial charge in [-0.2, -0.15) is 0 Å². The number of rotatable bonds is 4. The molecule has 162 valence electrons. The van der Waals surface area contributed by atoms with E-state index in [0.717, 1.165) is 11.8 Å². The summed E-state index contributed by atoms with van der Waals surface area (Å²) in [4.78, 5) is 17.6. The zero-order chi connectivity index (χ0) is 22.2. The summed E-state index contributed by atoms with van der Waals surface area (Å²) in [6.07, 6.45) is -1.37. The van der Waals surface area contributed by atoms with Crippen LogP contribution in [0.4, 0.5) is 13.2 Å². The lowest BCUT2D eigenvalue weighted by molar-refractivity contribution is -0.274. The van der Waals surface area contributed by atoms with Crippen molar-refractivity contribution < 1.29 is 27.8 Å². The maximum absolute atomic E-state index is 13.0. The first-order valence-corrected chi connectivity index (χ1v) is 10.1. The Hall–Kier alpha value is -2.98. The van der Waals surface area contributed by atoms with Gasteiger partial charge in [0.1, 0.15) is 11.5 Å². The van der Waals surface area contributed by atoms with Crippen LogP contribution in [0.15, 0.2) is 69.6 Å². The van der Waals surface area contributed by atoms with Crippen molar-refractivity contribution in [3.8, 4) is 17.2 Å². The number of ether oxygens (including phenoxy) is 2. The molecule has 10 heteroatoms. The average Bonchev–Trinajstić information content (AvgIpc) is 2.70. The van der Waals surface area contributed by atoms with Crippen LogP contribution >= 0.6 is 11.8 Å². The van der Waals surface area contributed by atoms with E-state index in [4.69, 9.17) is 4.74 Å². The lowest BCUT2D eigenvalue weighted by Gasteiger charge is -2.31. The third-order valence-electron chi connectivity index (χ3n) is 4.75. The second-order valence-corrected chi connectivity index (χ2v) is 8.14. The van der Waals surface area contributed by atoms with Gasteiger partial charge in [0, 0.05) is 35.0 Å². The van der Waals surface area contributed by atoms with Gasteiger partial charge in [-0.3, -0.25) is 9.36 Å². The molecule has 1 unspecified atom stereocenters.